The van der Waals surface area contributed by atoms with Gasteiger partial charge in [-0.05, 0) is 13.8 Å². The minimum absolute atomic E-state index is 0.318. The summed E-state index contributed by atoms with van der Waals surface area (Å²) in [6.07, 6.45) is -7.65. The number of nitrogens with one attached hydrogen (secondary N) is 1. The summed E-state index contributed by atoms with van der Waals surface area (Å²) in [5, 5.41) is 42.8. The topological polar surface area (TPSA) is 172 Å². The maximum atomic E-state index is 13.1. The molecule has 11 nitrogen and oxygen atoms in total. The number of hydrogen-bond donors (Lipinski definition) is 5. The van der Waals surface area contributed by atoms with Crippen LogP contribution in [0.3, 0.4) is 0 Å². The molecule has 6 atom stereocenters. The van der Waals surface area contributed by atoms with Crippen LogP contribution in [0, 0.1) is 0 Å². The van der Waals surface area contributed by atoms with Crippen molar-refractivity contribution in [3.8, 4) is 0 Å². The number of aliphatic hydroxyl groups is 4. The summed E-state index contributed by atoms with van der Waals surface area (Å²) in [6, 6.07) is 6.90. The molecule has 1 aromatic rings. The Morgan fingerprint density at radius 1 is 1.21 bits per heavy atom. The molecular weight excluding hydrogens is 438 g/mol. The highest BCUT2D eigenvalue weighted by Gasteiger charge is 2.56. The third-order valence-corrected chi connectivity index (χ3v) is 5.03. The van der Waals surface area contributed by atoms with E-state index < -0.39 is 79.6 Å². The minimum Gasteiger partial charge on any atom is -0.453 e. The first kappa shape index (κ1) is 26.8. The molecule has 2 rings (SSSR count). The lowest BCUT2D eigenvalue weighted by Crippen LogP contribution is -2.68. The number of esters is 1. The molecular formula is C22H31NO10. The summed E-state index contributed by atoms with van der Waals surface area (Å²) in [6.45, 7) is 2.88. The highest BCUT2D eigenvalue weighted by atomic mass is 16.7. The maximum Gasteiger partial charge on any atom is 0.367 e. The van der Waals surface area contributed by atoms with Gasteiger partial charge in [0.2, 0.25) is 5.91 Å². The van der Waals surface area contributed by atoms with Crippen LogP contribution < -0.4 is 5.32 Å². The van der Waals surface area contributed by atoms with Crippen molar-refractivity contribution in [3.63, 3.8) is 0 Å². The van der Waals surface area contributed by atoms with Crippen molar-refractivity contribution in [2.24, 2.45) is 0 Å². The SMILES string of the molecule is CC(=O)NC1C([C@H](O)[C@H](O)CO)O[C@@](OC(C)C)(C(=O)OCC(=O)c2ccccc2)C[C@H]1O. The first-order valence-corrected chi connectivity index (χ1v) is 10.5. The molecule has 1 aliphatic heterocycles. The second kappa shape index (κ2) is 11.6. The molecule has 1 saturated heterocycles. The first-order valence-electron chi connectivity index (χ1n) is 10.5. The number of carbonyl (C=O) groups excluding carboxylic acids is 3. The second-order valence-electron chi connectivity index (χ2n) is 8.11. The zero-order valence-corrected chi connectivity index (χ0v) is 18.7. The summed E-state index contributed by atoms with van der Waals surface area (Å²) in [5.74, 6) is -4.42. The number of ketones is 1. The smallest absolute Gasteiger partial charge is 0.367 e. The van der Waals surface area contributed by atoms with Crippen LogP contribution in [0.1, 0.15) is 37.6 Å². The van der Waals surface area contributed by atoms with Gasteiger partial charge in [0, 0.05) is 18.9 Å². The number of benzene rings is 1. The van der Waals surface area contributed by atoms with Crippen molar-refractivity contribution >= 4 is 17.7 Å². The fourth-order valence-corrected chi connectivity index (χ4v) is 3.57. The monoisotopic (exact) mass is 469 g/mol. The zero-order valence-electron chi connectivity index (χ0n) is 18.7. The molecule has 184 valence electrons. The molecule has 0 bridgehead atoms. The fraction of sp³-hybridized carbons (Fsp3) is 0.591. The number of amides is 1. The van der Waals surface area contributed by atoms with Crippen LogP contribution in [0.5, 0.6) is 0 Å². The van der Waals surface area contributed by atoms with Crippen molar-refractivity contribution in [3.05, 3.63) is 35.9 Å². The molecule has 0 spiro atoms. The highest BCUT2D eigenvalue weighted by Crippen LogP contribution is 2.35. The van der Waals surface area contributed by atoms with Crippen LogP contribution in [-0.4, -0.2) is 93.6 Å². The van der Waals surface area contributed by atoms with Gasteiger partial charge in [-0.25, -0.2) is 4.79 Å². The Balaban J connectivity index is 2.31. The molecule has 11 heteroatoms. The minimum atomic E-state index is -2.25. The van der Waals surface area contributed by atoms with Crippen LogP contribution in [0.2, 0.25) is 0 Å². The molecule has 5 N–H and O–H groups in total. The maximum absolute atomic E-state index is 13.1. The van der Waals surface area contributed by atoms with Gasteiger partial charge in [-0.2, -0.15) is 0 Å². The van der Waals surface area contributed by atoms with Crippen molar-refractivity contribution < 1.29 is 49.0 Å². The normalized spacial score (nSPS) is 27.0. The van der Waals surface area contributed by atoms with E-state index in [1.165, 1.54) is 6.92 Å². The van der Waals surface area contributed by atoms with Gasteiger partial charge in [0.1, 0.15) is 18.3 Å². The lowest BCUT2D eigenvalue weighted by atomic mass is 9.88. The molecule has 0 radical (unpaired) electrons. The van der Waals surface area contributed by atoms with Crippen LogP contribution in [0.25, 0.3) is 0 Å². The van der Waals surface area contributed by atoms with E-state index in [0.29, 0.717) is 5.56 Å². The van der Waals surface area contributed by atoms with Gasteiger partial charge in [-0.15, -0.1) is 0 Å². The Morgan fingerprint density at radius 3 is 2.39 bits per heavy atom. The zero-order chi connectivity index (χ0) is 24.8. The van der Waals surface area contributed by atoms with Crippen molar-refractivity contribution in [2.75, 3.05) is 13.2 Å². The number of hydrogen-bond acceptors (Lipinski definition) is 10. The van der Waals surface area contributed by atoms with Gasteiger partial charge >= 0.3 is 5.97 Å². The Kier molecular flexibility index (Phi) is 9.46. The summed E-state index contributed by atoms with van der Waals surface area (Å²) >= 11 is 0. The third kappa shape index (κ3) is 6.79. The molecule has 33 heavy (non-hydrogen) atoms. The van der Waals surface area contributed by atoms with E-state index in [2.05, 4.69) is 5.32 Å². The fourth-order valence-electron chi connectivity index (χ4n) is 3.57. The van der Waals surface area contributed by atoms with E-state index in [-0.39, 0.29) is 0 Å². The quantitative estimate of drug-likeness (QED) is 0.209. The van der Waals surface area contributed by atoms with Crippen LogP contribution in [0.4, 0.5) is 0 Å². The Morgan fingerprint density at radius 2 is 1.85 bits per heavy atom. The highest BCUT2D eigenvalue weighted by molar-refractivity contribution is 5.98. The summed E-state index contributed by atoms with van der Waals surface area (Å²) in [5.41, 5.74) is 0.318. The molecule has 1 fully saturated rings. The second-order valence-corrected chi connectivity index (χ2v) is 8.11. The first-order chi connectivity index (χ1) is 15.5. The van der Waals surface area contributed by atoms with E-state index in [1.807, 2.05) is 0 Å². The van der Waals surface area contributed by atoms with E-state index in [4.69, 9.17) is 14.2 Å². The van der Waals surface area contributed by atoms with Gasteiger partial charge in [0.25, 0.3) is 5.79 Å². The van der Waals surface area contributed by atoms with Crippen LogP contribution in [-0.2, 0) is 23.8 Å². The van der Waals surface area contributed by atoms with Gasteiger partial charge < -0.3 is 40.0 Å². The van der Waals surface area contributed by atoms with Crippen molar-refractivity contribution in [1.29, 1.82) is 0 Å². The van der Waals surface area contributed by atoms with Crippen molar-refractivity contribution in [1.82, 2.24) is 5.32 Å². The van der Waals surface area contributed by atoms with Crippen molar-refractivity contribution in [2.45, 2.75) is 69.5 Å². The summed E-state index contributed by atoms with van der Waals surface area (Å²) in [4.78, 5) is 37.0. The molecule has 1 aromatic carbocycles. The summed E-state index contributed by atoms with van der Waals surface area (Å²) in [7, 11) is 0. The molecule has 2 unspecified atom stereocenters. The standard InChI is InChI=1S/C22H31NO10/c1-12(2)32-22(21(30)31-11-17(28)14-7-5-4-6-8-14)9-15(26)18(23-13(3)25)20(33-22)19(29)16(27)10-24/h4-8,12,15-16,18-20,24,26-27,29H,9-11H2,1-3H3,(H,23,25)/t15-,16-,18?,19-,20?,22-/m1/s1. The lowest BCUT2D eigenvalue weighted by molar-refractivity contribution is -0.321. The van der Waals surface area contributed by atoms with Gasteiger partial charge in [-0.3, -0.25) is 9.59 Å². The molecule has 0 aromatic heterocycles. The number of aliphatic hydroxyl groups excluding tert-OH is 4. The van der Waals surface area contributed by atoms with E-state index in [0.717, 1.165) is 0 Å². The number of Topliss-reactive ketones (excluding diaryl/α,β-unsaturated/α-hetero) is 1. The number of ether oxygens (including phenoxy) is 3. The molecule has 0 saturated carbocycles. The van der Waals surface area contributed by atoms with E-state index >= 15 is 0 Å². The van der Waals surface area contributed by atoms with Crippen LogP contribution in [0.15, 0.2) is 30.3 Å². The summed E-state index contributed by atoms with van der Waals surface area (Å²) < 4.78 is 16.6. The predicted octanol–water partition coefficient (Wildman–Crippen LogP) is -1.10. The van der Waals surface area contributed by atoms with E-state index in [1.54, 1.807) is 44.2 Å². The van der Waals surface area contributed by atoms with Gasteiger partial charge in [0.15, 0.2) is 12.4 Å². The van der Waals surface area contributed by atoms with Crippen LogP contribution >= 0.6 is 0 Å². The third-order valence-electron chi connectivity index (χ3n) is 5.03. The average molecular weight is 469 g/mol. The molecule has 0 aliphatic carbocycles. The molecule has 1 aliphatic rings. The largest absolute Gasteiger partial charge is 0.453 e. The number of rotatable bonds is 10. The Hall–Kier alpha value is -2.41. The molecule has 1 amide bonds. The van der Waals surface area contributed by atoms with Gasteiger partial charge in [-0.1, -0.05) is 30.3 Å². The lowest BCUT2D eigenvalue weighted by Gasteiger charge is -2.47. The Bertz CT molecular complexity index is 817. The molecule has 1 heterocycles. The average Bonchev–Trinajstić information content (AvgIpc) is 2.77. The Labute approximate surface area is 191 Å². The van der Waals surface area contributed by atoms with E-state index in [9.17, 15) is 34.8 Å². The predicted molar refractivity (Wildman–Crippen MR) is 113 cm³/mol. The number of carbonyl (C=O) groups is 3. The van der Waals surface area contributed by atoms with Gasteiger partial charge in [0.05, 0.1) is 24.9 Å².